The summed E-state index contributed by atoms with van der Waals surface area (Å²) in [7, 11) is 0. The molecule has 1 heterocycles. The van der Waals surface area contributed by atoms with Gasteiger partial charge in [0.05, 0.1) is 6.61 Å². The highest BCUT2D eigenvalue weighted by atomic mass is 16.6. The molecule has 3 heteroatoms. The second kappa shape index (κ2) is 4.76. The Balaban J connectivity index is 2.00. The van der Waals surface area contributed by atoms with Gasteiger partial charge in [0.2, 0.25) is 6.10 Å². The van der Waals surface area contributed by atoms with Crippen molar-refractivity contribution in [2.24, 2.45) is 0 Å². The van der Waals surface area contributed by atoms with Crippen molar-refractivity contribution in [1.29, 1.82) is 0 Å². The molecule has 0 aromatic heterocycles. The van der Waals surface area contributed by atoms with E-state index in [-0.39, 0.29) is 5.97 Å². The Labute approximate surface area is 111 Å². The van der Waals surface area contributed by atoms with Gasteiger partial charge in [0.1, 0.15) is 5.75 Å². The summed E-state index contributed by atoms with van der Waals surface area (Å²) < 4.78 is 10.7. The smallest absolute Gasteiger partial charge is 0.351 e. The molecule has 0 amide bonds. The summed E-state index contributed by atoms with van der Waals surface area (Å²) in [4.78, 5) is 11.7. The second-order valence-electron chi connectivity index (χ2n) is 4.35. The zero-order chi connectivity index (χ0) is 13.2. The quantitative estimate of drug-likeness (QED) is 0.772. The van der Waals surface area contributed by atoms with E-state index in [0.29, 0.717) is 6.61 Å². The molecule has 96 valence electrons. The van der Waals surface area contributed by atoms with Crippen molar-refractivity contribution in [1.82, 2.24) is 0 Å². The first kappa shape index (κ1) is 11.8. The molecule has 0 radical (unpaired) electrons. The van der Waals surface area contributed by atoms with Gasteiger partial charge < -0.3 is 9.47 Å². The molecule has 19 heavy (non-hydrogen) atoms. The molecule has 0 aliphatic carbocycles. The van der Waals surface area contributed by atoms with Crippen LogP contribution in [-0.4, -0.2) is 18.7 Å². The number of hydrogen-bond donors (Lipinski definition) is 0. The number of benzene rings is 2. The molecule has 2 aromatic carbocycles. The van der Waals surface area contributed by atoms with Crippen LogP contribution < -0.4 is 4.74 Å². The number of carbonyl (C=O) groups excluding carboxylic acids is 1. The van der Waals surface area contributed by atoms with E-state index in [9.17, 15) is 4.79 Å². The number of hydrogen-bond acceptors (Lipinski definition) is 3. The Hall–Kier alpha value is -2.29. The predicted octanol–water partition coefficient (Wildman–Crippen LogP) is 3.18. The van der Waals surface area contributed by atoms with Crippen LogP contribution in [0.5, 0.6) is 5.75 Å². The van der Waals surface area contributed by atoms with Gasteiger partial charge in [-0.3, -0.25) is 0 Å². The highest BCUT2D eigenvalue weighted by Crippen LogP contribution is 2.33. The summed E-state index contributed by atoms with van der Waals surface area (Å²) in [6.45, 7) is 2.14. The van der Waals surface area contributed by atoms with Gasteiger partial charge in [0.25, 0.3) is 0 Å². The van der Waals surface area contributed by atoms with E-state index in [1.54, 1.807) is 13.0 Å². The molecule has 0 N–H and O–H groups in total. The van der Waals surface area contributed by atoms with Crippen molar-refractivity contribution in [3.63, 3.8) is 0 Å². The molecule has 0 saturated carbocycles. The third kappa shape index (κ3) is 2.08. The first-order chi connectivity index (χ1) is 9.29. The summed E-state index contributed by atoms with van der Waals surface area (Å²) in [6, 6.07) is 12.0. The van der Waals surface area contributed by atoms with E-state index in [1.165, 1.54) is 0 Å². The van der Waals surface area contributed by atoms with E-state index in [2.05, 4.69) is 6.07 Å². The number of rotatable bonds is 2. The van der Waals surface area contributed by atoms with Gasteiger partial charge in [-0.25, -0.2) is 4.79 Å². The van der Waals surface area contributed by atoms with E-state index in [4.69, 9.17) is 9.47 Å². The van der Waals surface area contributed by atoms with Gasteiger partial charge >= 0.3 is 5.97 Å². The molecule has 0 bridgehead atoms. The van der Waals surface area contributed by atoms with Crippen LogP contribution >= 0.6 is 0 Å². The zero-order valence-electron chi connectivity index (χ0n) is 10.6. The van der Waals surface area contributed by atoms with Crippen LogP contribution in [0.25, 0.3) is 16.8 Å². The molecule has 0 spiro atoms. The largest absolute Gasteiger partial charge is 0.474 e. The molecule has 0 saturated heterocycles. The highest BCUT2D eigenvalue weighted by molar-refractivity contribution is 5.94. The van der Waals surface area contributed by atoms with E-state index in [1.807, 2.05) is 36.4 Å². The lowest BCUT2D eigenvalue weighted by atomic mass is 10.0. The van der Waals surface area contributed by atoms with Crippen LogP contribution in [0.15, 0.2) is 42.5 Å². The molecule has 2 aromatic rings. The Bertz CT molecular complexity index is 658. The van der Waals surface area contributed by atoms with Gasteiger partial charge in [-0.15, -0.1) is 0 Å². The van der Waals surface area contributed by atoms with Crippen molar-refractivity contribution in [3.8, 4) is 5.75 Å². The van der Waals surface area contributed by atoms with Crippen molar-refractivity contribution in [2.45, 2.75) is 13.0 Å². The maximum Gasteiger partial charge on any atom is 0.351 e. The van der Waals surface area contributed by atoms with Crippen LogP contribution in [-0.2, 0) is 9.53 Å². The molecule has 1 aliphatic rings. The third-order valence-corrected chi connectivity index (χ3v) is 3.14. The van der Waals surface area contributed by atoms with Crippen molar-refractivity contribution in [3.05, 3.63) is 48.0 Å². The zero-order valence-corrected chi connectivity index (χ0v) is 10.6. The van der Waals surface area contributed by atoms with Crippen LogP contribution in [0.2, 0.25) is 0 Å². The van der Waals surface area contributed by atoms with Gasteiger partial charge in [-0.2, -0.15) is 0 Å². The molecule has 3 rings (SSSR count). The Morgan fingerprint density at radius 2 is 2.11 bits per heavy atom. The Kier molecular flexibility index (Phi) is 2.95. The summed E-state index contributed by atoms with van der Waals surface area (Å²) in [5.74, 6) is 0.372. The number of fused-ring (bicyclic) bond motifs is 3. The fourth-order valence-corrected chi connectivity index (χ4v) is 2.26. The van der Waals surface area contributed by atoms with E-state index >= 15 is 0 Å². The number of ether oxygens (including phenoxy) is 2. The summed E-state index contributed by atoms with van der Waals surface area (Å²) in [6.07, 6.45) is 3.03. The van der Waals surface area contributed by atoms with Crippen LogP contribution in [0.3, 0.4) is 0 Å². The van der Waals surface area contributed by atoms with Crippen LogP contribution in [0.1, 0.15) is 12.5 Å². The average molecular weight is 254 g/mol. The number of esters is 1. The topological polar surface area (TPSA) is 35.5 Å². The molecule has 0 fully saturated rings. The molecular weight excluding hydrogens is 240 g/mol. The maximum absolute atomic E-state index is 11.7. The normalized spacial score (nSPS) is 16.8. The first-order valence-corrected chi connectivity index (χ1v) is 6.33. The average Bonchev–Trinajstić information content (AvgIpc) is 2.46. The third-order valence-electron chi connectivity index (χ3n) is 3.14. The number of carbonyl (C=O) groups is 1. The fraction of sp³-hybridized carbons (Fsp3) is 0.188. The van der Waals surface area contributed by atoms with Gasteiger partial charge in [-0.05, 0) is 29.8 Å². The summed E-state index contributed by atoms with van der Waals surface area (Å²) >= 11 is 0. The minimum absolute atomic E-state index is 0.349. The van der Waals surface area contributed by atoms with Crippen molar-refractivity contribution < 1.29 is 14.3 Å². The monoisotopic (exact) mass is 254 g/mol. The van der Waals surface area contributed by atoms with Crippen molar-refractivity contribution >= 4 is 22.8 Å². The predicted molar refractivity (Wildman–Crippen MR) is 74.0 cm³/mol. The molecule has 1 atom stereocenters. The van der Waals surface area contributed by atoms with Crippen LogP contribution in [0.4, 0.5) is 0 Å². The first-order valence-electron chi connectivity index (χ1n) is 6.33. The lowest BCUT2D eigenvalue weighted by Crippen LogP contribution is -2.29. The van der Waals surface area contributed by atoms with E-state index in [0.717, 1.165) is 22.1 Å². The minimum Gasteiger partial charge on any atom is -0.474 e. The standard InChI is InChI=1S/C16H14O3/c1-2-18-16(17)15-10-8-13-12-6-4-3-5-11(12)7-9-14(13)19-15/h3-10,15H,2H2,1H3. The molecular formula is C16H14O3. The van der Waals surface area contributed by atoms with Crippen molar-refractivity contribution in [2.75, 3.05) is 6.61 Å². The van der Waals surface area contributed by atoms with Gasteiger partial charge in [-0.1, -0.05) is 36.4 Å². The Morgan fingerprint density at radius 1 is 1.26 bits per heavy atom. The molecule has 3 nitrogen and oxygen atoms in total. The van der Waals surface area contributed by atoms with Gasteiger partial charge in [0, 0.05) is 5.56 Å². The van der Waals surface area contributed by atoms with E-state index < -0.39 is 6.10 Å². The summed E-state index contributed by atoms with van der Waals surface area (Å²) in [5.41, 5.74) is 1.01. The summed E-state index contributed by atoms with van der Waals surface area (Å²) in [5, 5.41) is 2.28. The lowest BCUT2D eigenvalue weighted by Gasteiger charge is -2.21. The minimum atomic E-state index is -0.645. The maximum atomic E-state index is 11.7. The SMILES string of the molecule is CCOC(=O)C1C=Cc2c(ccc3ccccc23)O1. The molecule has 1 aliphatic heterocycles. The Morgan fingerprint density at radius 3 is 2.95 bits per heavy atom. The van der Waals surface area contributed by atoms with Crippen LogP contribution in [0, 0.1) is 0 Å². The second-order valence-corrected chi connectivity index (χ2v) is 4.35. The highest BCUT2D eigenvalue weighted by Gasteiger charge is 2.23. The van der Waals surface area contributed by atoms with Gasteiger partial charge in [0.15, 0.2) is 0 Å². The fourth-order valence-electron chi connectivity index (χ4n) is 2.26. The molecule has 1 unspecified atom stereocenters. The lowest BCUT2D eigenvalue weighted by molar-refractivity contribution is -0.149.